The van der Waals surface area contributed by atoms with Gasteiger partial charge in [-0.3, -0.25) is 14.4 Å². The molecule has 1 rings (SSSR count). The van der Waals surface area contributed by atoms with Gasteiger partial charge in [-0.15, -0.1) is 0 Å². The van der Waals surface area contributed by atoms with Crippen molar-refractivity contribution in [2.75, 3.05) is 13.1 Å². The second kappa shape index (κ2) is 6.37. The van der Waals surface area contributed by atoms with E-state index in [1.54, 1.807) is 18.7 Å². The first kappa shape index (κ1) is 14.5. The zero-order valence-corrected chi connectivity index (χ0v) is 11.2. The number of likely N-dealkylation sites (tertiary alicyclic amines) is 1. The third-order valence-electron chi connectivity index (χ3n) is 2.96. The van der Waals surface area contributed by atoms with E-state index in [0.717, 1.165) is 25.9 Å². The summed E-state index contributed by atoms with van der Waals surface area (Å²) in [5.74, 6) is -0.669. The minimum absolute atomic E-state index is 0.0594. The van der Waals surface area contributed by atoms with Crippen LogP contribution in [0.3, 0.4) is 0 Å². The first-order valence-electron chi connectivity index (χ1n) is 6.28. The third-order valence-corrected chi connectivity index (χ3v) is 2.96. The maximum atomic E-state index is 11.9. The lowest BCUT2D eigenvalue weighted by Gasteiger charge is -2.22. The van der Waals surface area contributed by atoms with Gasteiger partial charge in [-0.25, -0.2) is 0 Å². The molecule has 2 N–H and O–H groups in total. The summed E-state index contributed by atoms with van der Waals surface area (Å²) < 4.78 is 0. The second-order valence-electron chi connectivity index (χ2n) is 4.68. The predicted molar refractivity (Wildman–Crippen MR) is 66.7 cm³/mol. The van der Waals surface area contributed by atoms with Gasteiger partial charge in [0.1, 0.15) is 12.1 Å². The van der Waals surface area contributed by atoms with Crippen molar-refractivity contribution in [1.82, 2.24) is 15.5 Å². The van der Waals surface area contributed by atoms with Crippen molar-refractivity contribution in [3.05, 3.63) is 0 Å². The molecule has 0 aromatic carbocycles. The summed E-state index contributed by atoms with van der Waals surface area (Å²) >= 11 is 0. The zero-order chi connectivity index (χ0) is 13.7. The highest BCUT2D eigenvalue weighted by Crippen LogP contribution is 2.08. The number of nitrogens with zero attached hydrogens (tertiary/aromatic N) is 1. The molecular formula is C12H21N3O3. The van der Waals surface area contributed by atoms with E-state index >= 15 is 0 Å². The summed E-state index contributed by atoms with van der Waals surface area (Å²) in [6.07, 6.45) is 2.05. The Hall–Kier alpha value is -1.59. The number of carbonyl (C=O) groups is 3. The highest BCUT2D eigenvalue weighted by molar-refractivity contribution is 5.91. The fourth-order valence-electron chi connectivity index (χ4n) is 1.98. The molecule has 102 valence electrons. The van der Waals surface area contributed by atoms with Gasteiger partial charge in [-0.2, -0.15) is 0 Å². The minimum atomic E-state index is -0.628. The third kappa shape index (κ3) is 4.01. The van der Waals surface area contributed by atoms with Gasteiger partial charge >= 0.3 is 0 Å². The van der Waals surface area contributed by atoms with E-state index in [1.165, 1.54) is 6.92 Å². The van der Waals surface area contributed by atoms with E-state index in [9.17, 15) is 14.4 Å². The summed E-state index contributed by atoms with van der Waals surface area (Å²) in [6, 6.07) is -1.18. The van der Waals surface area contributed by atoms with E-state index in [0.29, 0.717) is 0 Å². The van der Waals surface area contributed by atoms with Crippen LogP contribution in [0.2, 0.25) is 0 Å². The van der Waals surface area contributed by atoms with Gasteiger partial charge in [-0.1, -0.05) is 0 Å². The molecule has 0 saturated carbocycles. The Morgan fingerprint density at radius 3 is 2.06 bits per heavy atom. The lowest BCUT2D eigenvalue weighted by atomic mass is 10.2. The normalized spacial score (nSPS) is 18.1. The quantitative estimate of drug-likeness (QED) is 0.720. The lowest BCUT2D eigenvalue weighted by molar-refractivity contribution is -0.135. The van der Waals surface area contributed by atoms with Crippen LogP contribution < -0.4 is 10.6 Å². The summed E-state index contributed by atoms with van der Waals surface area (Å²) in [6.45, 7) is 6.13. The standard InChI is InChI=1S/C12H21N3O3/c1-8(13-10(3)16)11(17)14-9(2)12(18)15-6-4-5-7-15/h8-9H,4-7H2,1-3H3,(H,13,16)(H,14,17)/t8?,9-/m0/s1. The fourth-order valence-corrected chi connectivity index (χ4v) is 1.98. The van der Waals surface area contributed by atoms with Crippen LogP contribution in [0.15, 0.2) is 0 Å². The van der Waals surface area contributed by atoms with Gasteiger partial charge in [0.2, 0.25) is 17.7 Å². The molecule has 3 amide bonds. The van der Waals surface area contributed by atoms with Gasteiger partial charge in [-0.05, 0) is 26.7 Å². The molecule has 1 unspecified atom stereocenters. The Balaban J connectivity index is 2.43. The van der Waals surface area contributed by atoms with Crippen LogP contribution in [0.4, 0.5) is 0 Å². The van der Waals surface area contributed by atoms with Crippen LogP contribution in [0, 0.1) is 0 Å². The van der Waals surface area contributed by atoms with Crippen molar-refractivity contribution < 1.29 is 14.4 Å². The van der Waals surface area contributed by atoms with Crippen LogP contribution in [-0.4, -0.2) is 47.8 Å². The second-order valence-corrected chi connectivity index (χ2v) is 4.68. The predicted octanol–water partition coefficient (Wildman–Crippen LogP) is -0.362. The topological polar surface area (TPSA) is 78.5 Å². The van der Waals surface area contributed by atoms with Crippen LogP contribution >= 0.6 is 0 Å². The molecule has 1 saturated heterocycles. The summed E-state index contributed by atoms with van der Waals surface area (Å²) in [5.41, 5.74) is 0. The van der Waals surface area contributed by atoms with Crippen LogP contribution in [0.5, 0.6) is 0 Å². The van der Waals surface area contributed by atoms with Crippen LogP contribution in [0.1, 0.15) is 33.6 Å². The molecule has 18 heavy (non-hydrogen) atoms. The van der Waals surface area contributed by atoms with E-state index in [4.69, 9.17) is 0 Å². The molecule has 1 aliphatic heterocycles. The molecule has 0 radical (unpaired) electrons. The summed E-state index contributed by atoms with van der Waals surface area (Å²) in [4.78, 5) is 36.2. The monoisotopic (exact) mass is 255 g/mol. The number of rotatable bonds is 4. The SMILES string of the molecule is CC(=O)NC(C)C(=O)N[C@@H](C)C(=O)N1CCCC1. The Morgan fingerprint density at radius 1 is 1.00 bits per heavy atom. The largest absolute Gasteiger partial charge is 0.345 e. The average Bonchev–Trinajstić information content (AvgIpc) is 2.80. The molecule has 0 aliphatic carbocycles. The van der Waals surface area contributed by atoms with Crippen LogP contribution in [0.25, 0.3) is 0 Å². The molecule has 0 aromatic heterocycles. The number of hydrogen-bond acceptors (Lipinski definition) is 3. The maximum Gasteiger partial charge on any atom is 0.244 e. The molecule has 6 heteroatoms. The van der Waals surface area contributed by atoms with Gasteiger partial charge in [0.05, 0.1) is 0 Å². The van der Waals surface area contributed by atoms with Gasteiger partial charge < -0.3 is 15.5 Å². The lowest BCUT2D eigenvalue weighted by Crippen LogP contribution is -2.51. The van der Waals surface area contributed by atoms with Gasteiger partial charge in [0.15, 0.2) is 0 Å². The maximum absolute atomic E-state index is 11.9. The van der Waals surface area contributed by atoms with E-state index < -0.39 is 12.1 Å². The van der Waals surface area contributed by atoms with E-state index in [2.05, 4.69) is 10.6 Å². The summed E-state index contributed by atoms with van der Waals surface area (Å²) in [7, 11) is 0. The van der Waals surface area contributed by atoms with E-state index in [1.807, 2.05) is 0 Å². The van der Waals surface area contributed by atoms with Gasteiger partial charge in [0, 0.05) is 20.0 Å². The molecule has 1 aliphatic rings. The van der Waals surface area contributed by atoms with Crippen molar-refractivity contribution >= 4 is 17.7 Å². The van der Waals surface area contributed by atoms with Gasteiger partial charge in [0.25, 0.3) is 0 Å². The molecule has 1 heterocycles. The Labute approximate surface area is 107 Å². The van der Waals surface area contributed by atoms with Crippen molar-refractivity contribution in [3.63, 3.8) is 0 Å². The first-order valence-corrected chi connectivity index (χ1v) is 6.28. The van der Waals surface area contributed by atoms with E-state index in [-0.39, 0.29) is 17.7 Å². The molecule has 0 spiro atoms. The van der Waals surface area contributed by atoms with Crippen LogP contribution in [-0.2, 0) is 14.4 Å². The highest BCUT2D eigenvalue weighted by atomic mass is 16.2. The number of amides is 3. The highest BCUT2D eigenvalue weighted by Gasteiger charge is 2.25. The summed E-state index contributed by atoms with van der Waals surface area (Å²) in [5, 5.41) is 5.10. The smallest absolute Gasteiger partial charge is 0.244 e. The zero-order valence-electron chi connectivity index (χ0n) is 11.2. The van der Waals surface area contributed by atoms with Crippen molar-refractivity contribution in [1.29, 1.82) is 0 Å². The van der Waals surface area contributed by atoms with Crippen molar-refractivity contribution in [3.8, 4) is 0 Å². The average molecular weight is 255 g/mol. The Morgan fingerprint density at radius 2 is 1.56 bits per heavy atom. The number of nitrogens with one attached hydrogen (secondary N) is 2. The fraction of sp³-hybridized carbons (Fsp3) is 0.750. The Bertz CT molecular complexity index is 337. The molecular weight excluding hydrogens is 234 g/mol. The minimum Gasteiger partial charge on any atom is -0.345 e. The Kier molecular flexibility index (Phi) is 5.12. The number of hydrogen-bond donors (Lipinski definition) is 2. The number of carbonyl (C=O) groups excluding carboxylic acids is 3. The first-order chi connectivity index (χ1) is 8.41. The molecule has 1 fully saturated rings. The van der Waals surface area contributed by atoms with Crippen molar-refractivity contribution in [2.45, 2.75) is 45.7 Å². The molecule has 0 aromatic rings. The van der Waals surface area contributed by atoms with Crippen molar-refractivity contribution in [2.24, 2.45) is 0 Å². The molecule has 6 nitrogen and oxygen atoms in total. The molecule has 2 atom stereocenters. The molecule has 0 bridgehead atoms.